The highest BCUT2D eigenvalue weighted by molar-refractivity contribution is 6.05. The monoisotopic (exact) mass is 340 g/mol. The van der Waals surface area contributed by atoms with Gasteiger partial charge >= 0.3 is 0 Å². The molecule has 0 aromatic heterocycles. The standard InChI is InChI=1S/C20H24N2O3/c1-12(2)19(23)22-17-7-6-16(11-18(17)25-5)21-20(24)15-9-13(3)8-14(4)10-15/h6-12H,1-5H3,(H,21,24)(H,22,23). The summed E-state index contributed by atoms with van der Waals surface area (Å²) in [6.07, 6.45) is 0. The van der Waals surface area contributed by atoms with Crippen LogP contribution in [0.3, 0.4) is 0 Å². The maximum Gasteiger partial charge on any atom is 0.255 e. The van der Waals surface area contributed by atoms with E-state index >= 15 is 0 Å². The summed E-state index contributed by atoms with van der Waals surface area (Å²) in [7, 11) is 1.52. The fraction of sp³-hybridized carbons (Fsp3) is 0.300. The Kier molecular flexibility index (Phi) is 5.80. The molecule has 0 atom stereocenters. The van der Waals surface area contributed by atoms with Gasteiger partial charge in [-0.3, -0.25) is 9.59 Å². The van der Waals surface area contributed by atoms with Crippen molar-refractivity contribution in [1.29, 1.82) is 0 Å². The Morgan fingerprint density at radius 1 is 0.960 bits per heavy atom. The minimum atomic E-state index is -0.187. The number of amides is 2. The molecule has 2 amide bonds. The first-order chi connectivity index (χ1) is 11.8. The largest absolute Gasteiger partial charge is 0.494 e. The quantitative estimate of drug-likeness (QED) is 0.859. The number of nitrogens with one attached hydrogen (secondary N) is 2. The summed E-state index contributed by atoms with van der Waals surface area (Å²) in [6.45, 7) is 7.55. The van der Waals surface area contributed by atoms with Crippen LogP contribution in [0, 0.1) is 19.8 Å². The van der Waals surface area contributed by atoms with Gasteiger partial charge in [-0.15, -0.1) is 0 Å². The van der Waals surface area contributed by atoms with Gasteiger partial charge < -0.3 is 15.4 Å². The van der Waals surface area contributed by atoms with Crippen LogP contribution in [-0.4, -0.2) is 18.9 Å². The molecule has 0 aliphatic rings. The average molecular weight is 340 g/mol. The number of ether oxygens (including phenoxy) is 1. The van der Waals surface area contributed by atoms with Crippen molar-refractivity contribution in [2.24, 2.45) is 5.92 Å². The molecule has 0 bridgehead atoms. The van der Waals surface area contributed by atoms with E-state index in [-0.39, 0.29) is 17.7 Å². The minimum absolute atomic E-state index is 0.0923. The number of aryl methyl sites for hydroxylation is 2. The molecule has 0 spiro atoms. The first-order valence-corrected chi connectivity index (χ1v) is 8.18. The third-order valence-electron chi connectivity index (χ3n) is 3.73. The molecule has 0 radical (unpaired) electrons. The van der Waals surface area contributed by atoms with E-state index in [9.17, 15) is 9.59 Å². The van der Waals surface area contributed by atoms with E-state index in [4.69, 9.17) is 4.74 Å². The molecule has 0 saturated heterocycles. The predicted octanol–water partition coefficient (Wildman–Crippen LogP) is 4.16. The fourth-order valence-corrected chi connectivity index (χ4v) is 2.46. The van der Waals surface area contributed by atoms with Gasteiger partial charge in [0.1, 0.15) is 5.75 Å². The lowest BCUT2D eigenvalue weighted by atomic mass is 10.1. The number of hydrogen-bond donors (Lipinski definition) is 2. The molecule has 132 valence electrons. The van der Waals surface area contributed by atoms with Crippen LogP contribution in [0.2, 0.25) is 0 Å². The van der Waals surface area contributed by atoms with E-state index in [1.165, 1.54) is 7.11 Å². The van der Waals surface area contributed by atoms with Crippen molar-refractivity contribution >= 4 is 23.2 Å². The van der Waals surface area contributed by atoms with Gasteiger partial charge in [0.05, 0.1) is 12.8 Å². The van der Waals surface area contributed by atoms with Gasteiger partial charge in [0.25, 0.3) is 5.91 Å². The zero-order valence-corrected chi connectivity index (χ0v) is 15.3. The highest BCUT2D eigenvalue weighted by Crippen LogP contribution is 2.28. The molecule has 0 aliphatic heterocycles. The van der Waals surface area contributed by atoms with E-state index in [2.05, 4.69) is 10.6 Å². The van der Waals surface area contributed by atoms with E-state index in [0.29, 0.717) is 22.7 Å². The molecular formula is C20H24N2O3. The van der Waals surface area contributed by atoms with E-state index in [1.54, 1.807) is 18.2 Å². The van der Waals surface area contributed by atoms with Gasteiger partial charge in [-0.25, -0.2) is 0 Å². The Morgan fingerprint density at radius 3 is 2.16 bits per heavy atom. The SMILES string of the molecule is COc1cc(NC(=O)c2cc(C)cc(C)c2)ccc1NC(=O)C(C)C. The summed E-state index contributed by atoms with van der Waals surface area (Å²) in [5.74, 6) is 0.0824. The smallest absolute Gasteiger partial charge is 0.255 e. The van der Waals surface area contributed by atoms with Crippen LogP contribution >= 0.6 is 0 Å². The van der Waals surface area contributed by atoms with Crippen molar-refractivity contribution in [3.05, 3.63) is 53.1 Å². The second kappa shape index (κ2) is 7.83. The van der Waals surface area contributed by atoms with Crippen molar-refractivity contribution in [1.82, 2.24) is 0 Å². The molecule has 5 heteroatoms. The molecule has 2 rings (SSSR count). The topological polar surface area (TPSA) is 67.4 Å². The first kappa shape index (κ1) is 18.5. The Bertz CT molecular complexity index is 777. The zero-order valence-electron chi connectivity index (χ0n) is 15.3. The van der Waals surface area contributed by atoms with Gasteiger partial charge in [-0.05, 0) is 38.1 Å². The van der Waals surface area contributed by atoms with Crippen molar-refractivity contribution in [2.45, 2.75) is 27.7 Å². The van der Waals surface area contributed by atoms with Gasteiger partial charge in [-0.1, -0.05) is 31.0 Å². The number of rotatable bonds is 5. The molecular weight excluding hydrogens is 316 g/mol. The Balaban J connectivity index is 2.20. The maximum absolute atomic E-state index is 12.4. The summed E-state index contributed by atoms with van der Waals surface area (Å²) < 4.78 is 5.33. The highest BCUT2D eigenvalue weighted by atomic mass is 16.5. The number of carbonyl (C=O) groups is 2. The first-order valence-electron chi connectivity index (χ1n) is 8.18. The zero-order chi connectivity index (χ0) is 18.6. The summed E-state index contributed by atoms with van der Waals surface area (Å²) in [6, 6.07) is 10.9. The van der Waals surface area contributed by atoms with Crippen molar-refractivity contribution in [3.63, 3.8) is 0 Å². The molecule has 25 heavy (non-hydrogen) atoms. The van der Waals surface area contributed by atoms with Crippen molar-refractivity contribution < 1.29 is 14.3 Å². The summed E-state index contributed by atoms with van der Waals surface area (Å²) in [5, 5.41) is 5.67. The number of hydrogen-bond acceptors (Lipinski definition) is 3. The Hall–Kier alpha value is -2.82. The van der Waals surface area contributed by atoms with Crippen LogP contribution in [0.15, 0.2) is 36.4 Å². The minimum Gasteiger partial charge on any atom is -0.494 e. The molecule has 0 aliphatic carbocycles. The lowest BCUT2D eigenvalue weighted by Gasteiger charge is -2.14. The van der Waals surface area contributed by atoms with Crippen LogP contribution in [0.4, 0.5) is 11.4 Å². The third kappa shape index (κ3) is 4.83. The lowest BCUT2D eigenvalue weighted by Crippen LogP contribution is -2.18. The highest BCUT2D eigenvalue weighted by Gasteiger charge is 2.13. The van der Waals surface area contributed by atoms with Crippen molar-refractivity contribution in [3.8, 4) is 5.75 Å². The van der Waals surface area contributed by atoms with E-state index in [0.717, 1.165) is 11.1 Å². The molecule has 0 saturated carbocycles. The third-order valence-corrected chi connectivity index (χ3v) is 3.73. The van der Waals surface area contributed by atoms with Crippen LogP contribution in [0.25, 0.3) is 0 Å². The normalized spacial score (nSPS) is 10.5. The second-order valence-electron chi connectivity index (χ2n) is 6.39. The number of carbonyl (C=O) groups excluding carboxylic acids is 2. The second-order valence-corrected chi connectivity index (χ2v) is 6.39. The van der Waals surface area contributed by atoms with Crippen LogP contribution in [-0.2, 0) is 4.79 Å². The summed E-state index contributed by atoms with van der Waals surface area (Å²) in [4.78, 5) is 24.3. The molecule has 2 aromatic rings. The van der Waals surface area contributed by atoms with E-state index < -0.39 is 0 Å². The van der Waals surface area contributed by atoms with Gasteiger partial charge in [0.2, 0.25) is 5.91 Å². The maximum atomic E-state index is 12.4. The number of benzene rings is 2. The molecule has 5 nitrogen and oxygen atoms in total. The van der Waals surface area contributed by atoms with Gasteiger partial charge in [0.15, 0.2) is 0 Å². The summed E-state index contributed by atoms with van der Waals surface area (Å²) in [5.41, 5.74) is 3.85. The lowest BCUT2D eigenvalue weighted by molar-refractivity contribution is -0.118. The molecule has 0 fully saturated rings. The Labute approximate surface area is 148 Å². The van der Waals surface area contributed by atoms with E-state index in [1.807, 2.05) is 45.9 Å². The predicted molar refractivity (Wildman–Crippen MR) is 100 cm³/mol. The summed E-state index contributed by atoms with van der Waals surface area (Å²) >= 11 is 0. The van der Waals surface area contributed by atoms with Crippen molar-refractivity contribution in [2.75, 3.05) is 17.7 Å². The fourth-order valence-electron chi connectivity index (χ4n) is 2.46. The molecule has 0 unspecified atom stereocenters. The molecule has 2 N–H and O–H groups in total. The van der Waals surface area contributed by atoms with Gasteiger partial charge in [-0.2, -0.15) is 0 Å². The number of anilines is 2. The Morgan fingerprint density at radius 2 is 1.60 bits per heavy atom. The molecule has 0 heterocycles. The van der Waals surface area contributed by atoms with Crippen LogP contribution < -0.4 is 15.4 Å². The van der Waals surface area contributed by atoms with Crippen LogP contribution in [0.1, 0.15) is 35.3 Å². The number of methoxy groups -OCH3 is 1. The molecule has 2 aromatic carbocycles. The van der Waals surface area contributed by atoms with Crippen LogP contribution in [0.5, 0.6) is 5.75 Å². The van der Waals surface area contributed by atoms with Gasteiger partial charge in [0, 0.05) is 23.2 Å². The average Bonchev–Trinajstić information content (AvgIpc) is 2.55.